The number of hydrogen-bond donors (Lipinski definition) is 1. The molecule has 0 bridgehead atoms. The van der Waals surface area contributed by atoms with E-state index in [1.54, 1.807) is 0 Å². The van der Waals surface area contributed by atoms with Crippen LogP contribution < -0.4 is 0 Å². The number of amides is 1. The van der Waals surface area contributed by atoms with E-state index >= 15 is 0 Å². The Bertz CT molecular complexity index is 465. The van der Waals surface area contributed by atoms with Gasteiger partial charge in [0.05, 0.1) is 12.5 Å². The lowest BCUT2D eigenvalue weighted by Crippen LogP contribution is -2.51. The minimum Gasteiger partial charge on any atom is -0.392 e. The summed E-state index contributed by atoms with van der Waals surface area (Å²) in [5.74, 6) is 0.742. The maximum atomic E-state index is 12.3. The van der Waals surface area contributed by atoms with Gasteiger partial charge in [0.2, 0.25) is 5.91 Å². The Morgan fingerprint density at radius 2 is 1.81 bits per heavy atom. The van der Waals surface area contributed by atoms with Gasteiger partial charge in [0.25, 0.3) is 0 Å². The topological polar surface area (TPSA) is 43.8 Å². The van der Waals surface area contributed by atoms with Crippen molar-refractivity contribution in [2.24, 2.45) is 5.92 Å². The maximum Gasteiger partial charge on any atom is 0.227 e. The van der Waals surface area contributed by atoms with Crippen molar-refractivity contribution in [3.8, 4) is 0 Å². The molecule has 1 aromatic carbocycles. The molecule has 21 heavy (non-hydrogen) atoms. The lowest BCUT2D eigenvalue weighted by atomic mass is 10.1. The van der Waals surface area contributed by atoms with Gasteiger partial charge in [0, 0.05) is 32.7 Å². The van der Waals surface area contributed by atoms with Crippen molar-refractivity contribution in [3.05, 3.63) is 35.9 Å². The molecule has 1 heterocycles. The van der Waals surface area contributed by atoms with E-state index in [0.717, 1.165) is 38.3 Å². The molecule has 0 radical (unpaired) electrons. The first-order chi connectivity index (χ1) is 10.2. The number of β-amino-alcohol motifs (C(OH)–C–C–N with tert-alkyl or cyclic N) is 1. The highest BCUT2D eigenvalue weighted by atomic mass is 16.3. The number of aliphatic hydroxyl groups excluding tert-OH is 1. The number of piperazine rings is 1. The molecule has 1 aliphatic heterocycles. The maximum absolute atomic E-state index is 12.3. The van der Waals surface area contributed by atoms with Crippen LogP contribution in [0.5, 0.6) is 0 Å². The van der Waals surface area contributed by atoms with Crippen LogP contribution >= 0.6 is 0 Å². The third-order valence-electron chi connectivity index (χ3n) is 4.53. The van der Waals surface area contributed by atoms with Crippen LogP contribution in [0.4, 0.5) is 0 Å². The Balaban J connectivity index is 1.43. The summed E-state index contributed by atoms with van der Waals surface area (Å²) in [6.07, 6.45) is 2.68. The second-order valence-electron chi connectivity index (χ2n) is 6.25. The number of nitrogens with zero attached hydrogens (tertiary/aromatic N) is 2. The molecule has 1 N–H and O–H groups in total. The first-order valence-corrected chi connectivity index (χ1v) is 7.94. The third kappa shape index (κ3) is 4.05. The Morgan fingerprint density at radius 1 is 1.14 bits per heavy atom. The zero-order chi connectivity index (χ0) is 14.7. The molecular formula is C17H24N2O2. The van der Waals surface area contributed by atoms with Gasteiger partial charge in [-0.3, -0.25) is 9.69 Å². The Morgan fingerprint density at radius 3 is 2.43 bits per heavy atom. The number of aliphatic hydroxyl groups is 1. The molecule has 2 aliphatic rings. The minimum absolute atomic E-state index is 0.170. The Labute approximate surface area is 126 Å². The van der Waals surface area contributed by atoms with Crippen molar-refractivity contribution >= 4 is 5.91 Å². The van der Waals surface area contributed by atoms with E-state index in [9.17, 15) is 9.90 Å². The second kappa shape index (κ2) is 6.58. The van der Waals surface area contributed by atoms with Crippen LogP contribution in [-0.4, -0.2) is 59.6 Å². The molecule has 1 atom stereocenters. The molecule has 1 saturated carbocycles. The van der Waals surface area contributed by atoms with Crippen molar-refractivity contribution in [3.63, 3.8) is 0 Å². The average molecular weight is 288 g/mol. The van der Waals surface area contributed by atoms with E-state index in [4.69, 9.17) is 0 Å². The standard InChI is InChI=1S/C17H24N2O2/c20-16(15-6-7-15)13-18-8-10-19(11-9-18)17(21)12-14-4-2-1-3-5-14/h1-5,15-16,20H,6-13H2. The summed E-state index contributed by atoms with van der Waals surface area (Å²) in [7, 11) is 0. The molecule has 1 aliphatic carbocycles. The number of hydrogen-bond acceptors (Lipinski definition) is 3. The van der Waals surface area contributed by atoms with Gasteiger partial charge < -0.3 is 10.0 Å². The highest BCUT2D eigenvalue weighted by molar-refractivity contribution is 5.78. The van der Waals surface area contributed by atoms with Crippen LogP contribution in [0.2, 0.25) is 0 Å². The zero-order valence-electron chi connectivity index (χ0n) is 12.4. The van der Waals surface area contributed by atoms with E-state index in [0.29, 0.717) is 12.3 Å². The third-order valence-corrected chi connectivity index (χ3v) is 4.53. The van der Waals surface area contributed by atoms with E-state index in [2.05, 4.69) is 4.90 Å². The van der Waals surface area contributed by atoms with E-state index in [1.165, 1.54) is 12.8 Å². The minimum atomic E-state index is -0.170. The molecule has 1 unspecified atom stereocenters. The normalized spacial score (nSPS) is 21.3. The van der Waals surface area contributed by atoms with Gasteiger partial charge in [0.1, 0.15) is 0 Å². The fourth-order valence-electron chi connectivity index (χ4n) is 2.96. The van der Waals surface area contributed by atoms with Crippen molar-refractivity contribution in [2.75, 3.05) is 32.7 Å². The first-order valence-electron chi connectivity index (χ1n) is 7.94. The predicted molar refractivity (Wildman–Crippen MR) is 81.9 cm³/mol. The molecule has 4 heteroatoms. The number of rotatable bonds is 5. The summed E-state index contributed by atoms with van der Waals surface area (Å²) >= 11 is 0. The Kier molecular flexibility index (Phi) is 4.56. The molecular weight excluding hydrogens is 264 g/mol. The van der Waals surface area contributed by atoms with Gasteiger partial charge in [-0.15, -0.1) is 0 Å². The number of carbonyl (C=O) groups excluding carboxylic acids is 1. The van der Waals surface area contributed by atoms with E-state index < -0.39 is 0 Å². The van der Waals surface area contributed by atoms with Gasteiger partial charge in [0.15, 0.2) is 0 Å². The van der Waals surface area contributed by atoms with Crippen LogP contribution in [0.3, 0.4) is 0 Å². The summed E-state index contributed by atoms with van der Waals surface area (Å²) in [5, 5.41) is 9.99. The molecule has 1 amide bonds. The molecule has 114 valence electrons. The number of carbonyl (C=O) groups is 1. The van der Waals surface area contributed by atoms with Crippen molar-refractivity contribution in [1.29, 1.82) is 0 Å². The monoisotopic (exact) mass is 288 g/mol. The summed E-state index contributed by atoms with van der Waals surface area (Å²) in [6, 6.07) is 9.91. The molecule has 2 fully saturated rings. The van der Waals surface area contributed by atoms with E-state index in [-0.39, 0.29) is 12.0 Å². The summed E-state index contributed by atoms with van der Waals surface area (Å²) < 4.78 is 0. The second-order valence-corrected chi connectivity index (χ2v) is 6.25. The molecule has 0 aromatic heterocycles. The van der Waals surface area contributed by atoms with Crippen LogP contribution in [0, 0.1) is 5.92 Å². The lowest BCUT2D eigenvalue weighted by Gasteiger charge is -2.35. The quantitative estimate of drug-likeness (QED) is 0.884. The predicted octanol–water partition coefficient (Wildman–Crippen LogP) is 1.14. The van der Waals surface area contributed by atoms with Crippen molar-refractivity contribution in [2.45, 2.75) is 25.4 Å². The molecule has 3 rings (SSSR count). The van der Waals surface area contributed by atoms with E-state index in [1.807, 2.05) is 35.2 Å². The van der Waals surface area contributed by atoms with Crippen LogP contribution in [0.1, 0.15) is 18.4 Å². The largest absolute Gasteiger partial charge is 0.392 e. The SMILES string of the molecule is O=C(Cc1ccccc1)N1CCN(CC(O)C2CC2)CC1. The van der Waals surface area contributed by atoms with Crippen molar-refractivity contribution in [1.82, 2.24) is 9.80 Å². The van der Waals surface area contributed by atoms with Gasteiger partial charge in [-0.25, -0.2) is 0 Å². The summed E-state index contributed by atoms with van der Waals surface area (Å²) in [6.45, 7) is 4.09. The van der Waals surface area contributed by atoms with Crippen LogP contribution in [0.25, 0.3) is 0 Å². The fourth-order valence-corrected chi connectivity index (χ4v) is 2.96. The average Bonchev–Trinajstić information content (AvgIpc) is 3.33. The lowest BCUT2D eigenvalue weighted by molar-refractivity contribution is -0.132. The number of benzene rings is 1. The highest BCUT2D eigenvalue weighted by Gasteiger charge is 2.31. The van der Waals surface area contributed by atoms with Gasteiger partial charge in [-0.05, 0) is 24.3 Å². The van der Waals surface area contributed by atoms with Gasteiger partial charge in [-0.1, -0.05) is 30.3 Å². The molecule has 1 saturated heterocycles. The fraction of sp³-hybridized carbons (Fsp3) is 0.588. The smallest absolute Gasteiger partial charge is 0.227 e. The van der Waals surface area contributed by atoms with Crippen LogP contribution in [0.15, 0.2) is 30.3 Å². The van der Waals surface area contributed by atoms with Crippen molar-refractivity contribution < 1.29 is 9.90 Å². The highest BCUT2D eigenvalue weighted by Crippen LogP contribution is 2.32. The van der Waals surface area contributed by atoms with Gasteiger partial charge in [-0.2, -0.15) is 0 Å². The summed E-state index contributed by atoms with van der Waals surface area (Å²) in [5.41, 5.74) is 1.08. The van der Waals surface area contributed by atoms with Crippen LogP contribution in [-0.2, 0) is 11.2 Å². The molecule has 4 nitrogen and oxygen atoms in total. The molecule has 0 spiro atoms. The Hall–Kier alpha value is -1.39. The molecule has 1 aromatic rings. The summed E-state index contributed by atoms with van der Waals surface area (Å²) in [4.78, 5) is 16.5. The first kappa shape index (κ1) is 14.5. The van der Waals surface area contributed by atoms with Gasteiger partial charge >= 0.3 is 0 Å². The zero-order valence-corrected chi connectivity index (χ0v) is 12.4.